The molecule has 2 aromatic rings. The Hall–Kier alpha value is -1.52. The molecule has 21 heavy (non-hydrogen) atoms. The standard InChI is InChI=1S/C15H16Cl2N2O2/c1-3-12-14(17)13(19(2)18-12)8-11(15(20)21)9-4-6-10(16)7-5-9/h4-7,11H,3,8H2,1-2H3,(H,20,21). The lowest BCUT2D eigenvalue weighted by Gasteiger charge is -2.13. The van der Waals surface area contributed by atoms with E-state index in [-0.39, 0.29) is 0 Å². The van der Waals surface area contributed by atoms with Crippen molar-refractivity contribution in [1.82, 2.24) is 9.78 Å². The molecule has 0 aliphatic heterocycles. The Labute approximate surface area is 133 Å². The number of carbonyl (C=O) groups is 1. The fourth-order valence-electron chi connectivity index (χ4n) is 2.28. The first-order valence-electron chi connectivity index (χ1n) is 6.62. The molecule has 1 aromatic heterocycles. The van der Waals surface area contributed by atoms with Crippen molar-refractivity contribution in [1.29, 1.82) is 0 Å². The largest absolute Gasteiger partial charge is 0.481 e. The summed E-state index contributed by atoms with van der Waals surface area (Å²) in [6.07, 6.45) is 1.00. The Bertz CT molecular complexity index is 650. The topological polar surface area (TPSA) is 55.1 Å². The van der Waals surface area contributed by atoms with Crippen LogP contribution in [0.25, 0.3) is 0 Å². The summed E-state index contributed by atoms with van der Waals surface area (Å²) in [5.74, 6) is -1.58. The number of hydrogen-bond donors (Lipinski definition) is 1. The van der Waals surface area contributed by atoms with Crippen molar-refractivity contribution in [3.63, 3.8) is 0 Å². The number of carboxylic acid groups (broad SMARTS) is 1. The first kappa shape index (κ1) is 15.9. The number of halogens is 2. The molecule has 0 bridgehead atoms. The zero-order valence-corrected chi connectivity index (χ0v) is 13.3. The molecule has 1 atom stereocenters. The summed E-state index contributed by atoms with van der Waals surface area (Å²) >= 11 is 12.1. The van der Waals surface area contributed by atoms with Gasteiger partial charge in [-0.1, -0.05) is 42.3 Å². The summed E-state index contributed by atoms with van der Waals surface area (Å²) in [6.45, 7) is 1.96. The zero-order valence-electron chi connectivity index (χ0n) is 11.8. The molecule has 0 saturated heterocycles. The van der Waals surface area contributed by atoms with Crippen LogP contribution in [0.3, 0.4) is 0 Å². The van der Waals surface area contributed by atoms with Gasteiger partial charge in [0.1, 0.15) is 0 Å². The van der Waals surface area contributed by atoms with E-state index < -0.39 is 11.9 Å². The second kappa shape index (κ2) is 6.50. The third kappa shape index (κ3) is 3.39. The number of nitrogens with zero attached hydrogens (tertiary/aromatic N) is 2. The van der Waals surface area contributed by atoms with Gasteiger partial charge in [-0.05, 0) is 24.1 Å². The van der Waals surface area contributed by atoms with Crippen molar-refractivity contribution in [3.8, 4) is 0 Å². The van der Waals surface area contributed by atoms with Gasteiger partial charge in [-0.25, -0.2) is 0 Å². The number of aliphatic carboxylic acids is 1. The van der Waals surface area contributed by atoms with Crippen molar-refractivity contribution in [3.05, 3.63) is 51.3 Å². The Morgan fingerprint density at radius 2 is 1.95 bits per heavy atom. The fraction of sp³-hybridized carbons (Fsp3) is 0.333. The van der Waals surface area contributed by atoms with Crippen LogP contribution in [0.2, 0.25) is 10.0 Å². The van der Waals surface area contributed by atoms with E-state index in [1.54, 1.807) is 36.0 Å². The molecule has 0 amide bonds. The van der Waals surface area contributed by atoms with Crippen molar-refractivity contribution in [2.75, 3.05) is 0 Å². The quantitative estimate of drug-likeness (QED) is 0.911. The van der Waals surface area contributed by atoms with Gasteiger partial charge in [0.25, 0.3) is 0 Å². The van der Waals surface area contributed by atoms with Gasteiger partial charge < -0.3 is 5.11 Å². The molecule has 0 spiro atoms. The first-order valence-corrected chi connectivity index (χ1v) is 7.38. The smallest absolute Gasteiger partial charge is 0.311 e. The monoisotopic (exact) mass is 326 g/mol. The molecule has 6 heteroatoms. The summed E-state index contributed by atoms with van der Waals surface area (Å²) < 4.78 is 1.66. The number of benzene rings is 1. The maximum Gasteiger partial charge on any atom is 0.311 e. The summed E-state index contributed by atoms with van der Waals surface area (Å²) in [6, 6.07) is 6.84. The van der Waals surface area contributed by atoms with E-state index in [9.17, 15) is 9.90 Å². The summed E-state index contributed by atoms with van der Waals surface area (Å²) in [5.41, 5.74) is 2.22. The Kier molecular flexibility index (Phi) is 4.91. The molecular formula is C15H16Cl2N2O2. The highest BCUT2D eigenvalue weighted by atomic mass is 35.5. The van der Waals surface area contributed by atoms with Gasteiger partial charge in [0, 0.05) is 18.5 Å². The molecule has 0 saturated carbocycles. The lowest BCUT2D eigenvalue weighted by molar-refractivity contribution is -0.138. The minimum absolute atomic E-state index is 0.291. The molecule has 112 valence electrons. The third-order valence-corrected chi connectivity index (χ3v) is 4.16. The Balaban J connectivity index is 2.35. The minimum atomic E-state index is -0.896. The zero-order chi connectivity index (χ0) is 15.6. The highest BCUT2D eigenvalue weighted by molar-refractivity contribution is 6.32. The lowest BCUT2D eigenvalue weighted by atomic mass is 9.94. The molecule has 1 unspecified atom stereocenters. The van der Waals surface area contributed by atoms with Gasteiger partial charge in [-0.3, -0.25) is 9.48 Å². The third-order valence-electron chi connectivity index (χ3n) is 3.47. The lowest BCUT2D eigenvalue weighted by Crippen LogP contribution is -2.16. The van der Waals surface area contributed by atoms with Crippen molar-refractivity contribution < 1.29 is 9.90 Å². The maximum atomic E-state index is 11.6. The van der Waals surface area contributed by atoms with Crippen molar-refractivity contribution in [2.45, 2.75) is 25.7 Å². The molecule has 1 aromatic carbocycles. The van der Waals surface area contributed by atoms with Crippen LogP contribution in [0, 0.1) is 0 Å². The van der Waals surface area contributed by atoms with Gasteiger partial charge >= 0.3 is 5.97 Å². The van der Waals surface area contributed by atoms with Crippen LogP contribution in [0.15, 0.2) is 24.3 Å². The van der Waals surface area contributed by atoms with Crippen LogP contribution in [-0.4, -0.2) is 20.9 Å². The van der Waals surface area contributed by atoms with Gasteiger partial charge in [0.2, 0.25) is 0 Å². The highest BCUT2D eigenvalue weighted by Crippen LogP contribution is 2.28. The summed E-state index contributed by atoms with van der Waals surface area (Å²) in [4.78, 5) is 11.6. The molecule has 4 nitrogen and oxygen atoms in total. The number of aryl methyl sites for hydroxylation is 2. The maximum absolute atomic E-state index is 11.6. The summed E-state index contributed by atoms with van der Waals surface area (Å²) in [5, 5.41) is 15.0. The molecule has 1 N–H and O–H groups in total. The average molecular weight is 327 g/mol. The van der Waals surface area contributed by atoms with Gasteiger partial charge in [-0.15, -0.1) is 0 Å². The van der Waals surface area contributed by atoms with E-state index in [2.05, 4.69) is 5.10 Å². The molecule has 1 heterocycles. The average Bonchev–Trinajstić information content (AvgIpc) is 2.72. The normalized spacial score (nSPS) is 12.4. The molecule has 0 fully saturated rings. The predicted octanol–water partition coefficient (Wildman–Crippen LogP) is 3.70. The number of carboxylic acids is 1. The fourth-order valence-corrected chi connectivity index (χ4v) is 2.77. The number of hydrogen-bond acceptors (Lipinski definition) is 2. The van der Waals surface area contributed by atoms with E-state index in [0.29, 0.717) is 28.5 Å². The minimum Gasteiger partial charge on any atom is -0.481 e. The highest BCUT2D eigenvalue weighted by Gasteiger charge is 2.24. The van der Waals surface area contributed by atoms with Gasteiger partial charge in [-0.2, -0.15) is 5.10 Å². The van der Waals surface area contributed by atoms with Gasteiger partial charge in [0.05, 0.1) is 22.3 Å². The molecule has 0 aliphatic carbocycles. The van der Waals surface area contributed by atoms with Crippen molar-refractivity contribution >= 4 is 29.2 Å². The van der Waals surface area contributed by atoms with E-state index >= 15 is 0 Å². The second-order valence-electron chi connectivity index (χ2n) is 4.83. The van der Waals surface area contributed by atoms with Crippen LogP contribution in [0.1, 0.15) is 29.8 Å². The van der Waals surface area contributed by atoms with Crippen LogP contribution >= 0.6 is 23.2 Å². The van der Waals surface area contributed by atoms with Crippen LogP contribution < -0.4 is 0 Å². The van der Waals surface area contributed by atoms with E-state index in [1.165, 1.54) is 0 Å². The Morgan fingerprint density at radius 1 is 1.33 bits per heavy atom. The van der Waals surface area contributed by atoms with Crippen molar-refractivity contribution in [2.24, 2.45) is 7.05 Å². The molecule has 2 rings (SSSR count). The number of rotatable bonds is 5. The van der Waals surface area contributed by atoms with Gasteiger partial charge in [0.15, 0.2) is 0 Å². The number of aromatic nitrogens is 2. The van der Waals surface area contributed by atoms with E-state index in [1.807, 2.05) is 6.92 Å². The predicted molar refractivity (Wildman–Crippen MR) is 83.1 cm³/mol. The van der Waals surface area contributed by atoms with E-state index in [0.717, 1.165) is 11.4 Å². The second-order valence-corrected chi connectivity index (χ2v) is 5.65. The SMILES string of the molecule is CCc1nn(C)c(CC(C(=O)O)c2ccc(Cl)cc2)c1Cl. The van der Waals surface area contributed by atoms with Crippen LogP contribution in [0.4, 0.5) is 0 Å². The molecule has 0 aliphatic rings. The molecule has 0 radical (unpaired) electrons. The van der Waals surface area contributed by atoms with E-state index in [4.69, 9.17) is 23.2 Å². The first-order chi connectivity index (χ1) is 9.93. The Morgan fingerprint density at radius 3 is 2.43 bits per heavy atom. The van der Waals surface area contributed by atoms with Crippen LogP contribution in [-0.2, 0) is 24.7 Å². The molecular weight excluding hydrogens is 311 g/mol. The van der Waals surface area contributed by atoms with Crippen LogP contribution in [0.5, 0.6) is 0 Å². The summed E-state index contributed by atoms with van der Waals surface area (Å²) in [7, 11) is 1.78.